The van der Waals surface area contributed by atoms with Crippen LogP contribution >= 0.6 is 15.9 Å². The Hall–Kier alpha value is -0.850. The lowest BCUT2D eigenvalue weighted by Gasteiger charge is -2.39. The maximum Gasteiger partial charge on any atom is 0.0976 e. The molecule has 0 radical (unpaired) electrons. The average molecular weight is 336 g/mol. The molecule has 108 valence electrons. The van der Waals surface area contributed by atoms with E-state index < -0.39 is 11.5 Å². The maximum atomic E-state index is 10.8. The summed E-state index contributed by atoms with van der Waals surface area (Å²) in [6, 6.07) is 8.34. The van der Waals surface area contributed by atoms with Crippen LogP contribution in [0.4, 0.5) is 0 Å². The van der Waals surface area contributed by atoms with Crippen LogP contribution in [0.15, 0.2) is 22.7 Å². The van der Waals surface area contributed by atoms with Gasteiger partial charge in [-0.05, 0) is 42.9 Å². The van der Waals surface area contributed by atoms with Crippen LogP contribution in [0.3, 0.4) is 0 Å². The molecular formula is C17H22BrNO. The van der Waals surface area contributed by atoms with E-state index in [2.05, 4.69) is 28.9 Å². The van der Waals surface area contributed by atoms with E-state index in [0.29, 0.717) is 5.92 Å². The topological polar surface area (TPSA) is 44.0 Å². The Morgan fingerprint density at radius 1 is 1.55 bits per heavy atom. The van der Waals surface area contributed by atoms with Crippen molar-refractivity contribution < 1.29 is 5.11 Å². The van der Waals surface area contributed by atoms with Gasteiger partial charge in [0.15, 0.2) is 0 Å². The third-order valence-electron chi connectivity index (χ3n) is 4.72. The van der Waals surface area contributed by atoms with Gasteiger partial charge in [-0.2, -0.15) is 5.26 Å². The van der Waals surface area contributed by atoms with Crippen LogP contribution in [0.1, 0.15) is 56.3 Å². The lowest BCUT2D eigenvalue weighted by atomic mass is 9.65. The summed E-state index contributed by atoms with van der Waals surface area (Å²) in [5.41, 5.74) is 1.37. The van der Waals surface area contributed by atoms with E-state index in [0.717, 1.165) is 41.3 Å². The molecule has 0 aliphatic heterocycles. The minimum atomic E-state index is -0.696. The molecule has 20 heavy (non-hydrogen) atoms. The second kappa shape index (κ2) is 6.28. The van der Waals surface area contributed by atoms with E-state index in [-0.39, 0.29) is 0 Å². The molecule has 1 aliphatic carbocycles. The fraction of sp³-hybridized carbons (Fsp3) is 0.588. The molecule has 1 saturated carbocycles. The maximum absolute atomic E-state index is 10.8. The molecular weight excluding hydrogens is 314 g/mol. The fourth-order valence-electron chi connectivity index (χ4n) is 3.28. The average Bonchev–Trinajstić information content (AvgIpc) is 2.49. The summed E-state index contributed by atoms with van der Waals surface area (Å²) in [7, 11) is 0. The SMILES string of the molecule is CCC1CCCC(C#N)(C(O)c2ccc(C)c(Br)c2)C1. The first-order chi connectivity index (χ1) is 9.52. The van der Waals surface area contributed by atoms with E-state index in [9.17, 15) is 10.4 Å². The number of rotatable bonds is 3. The summed E-state index contributed by atoms with van der Waals surface area (Å²) in [6.07, 6.45) is 4.23. The van der Waals surface area contributed by atoms with Gasteiger partial charge in [-0.15, -0.1) is 0 Å². The molecule has 1 aromatic carbocycles. The summed E-state index contributed by atoms with van der Waals surface area (Å²) in [5.74, 6) is 0.562. The van der Waals surface area contributed by atoms with Gasteiger partial charge in [0.2, 0.25) is 0 Å². The third kappa shape index (κ3) is 2.92. The van der Waals surface area contributed by atoms with Crippen LogP contribution in [0.2, 0.25) is 0 Å². The molecule has 1 N–H and O–H groups in total. The highest BCUT2D eigenvalue weighted by Crippen LogP contribution is 2.48. The van der Waals surface area contributed by atoms with Gasteiger partial charge in [0, 0.05) is 4.47 Å². The molecule has 0 spiro atoms. The summed E-state index contributed by atoms with van der Waals surface area (Å²) in [4.78, 5) is 0. The number of nitrogens with zero attached hydrogens (tertiary/aromatic N) is 1. The lowest BCUT2D eigenvalue weighted by Crippen LogP contribution is -2.33. The number of aliphatic hydroxyl groups excluding tert-OH is 1. The number of hydrogen-bond acceptors (Lipinski definition) is 2. The van der Waals surface area contributed by atoms with E-state index in [1.165, 1.54) is 6.42 Å². The Morgan fingerprint density at radius 2 is 2.30 bits per heavy atom. The monoisotopic (exact) mass is 335 g/mol. The van der Waals surface area contributed by atoms with Crippen LogP contribution in [-0.2, 0) is 0 Å². The third-order valence-corrected chi connectivity index (χ3v) is 5.58. The molecule has 0 aromatic heterocycles. The first kappa shape index (κ1) is 15.5. The number of halogens is 1. The fourth-order valence-corrected chi connectivity index (χ4v) is 3.68. The van der Waals surface area contributed by atoms with Crippen LogP contribution < -0.4 is 0 Å². The van der Waals surface area contributed by atoms with Crippen molar-refractivity contribution in [1.29, 1.82) is 5.26 Å². The van der Waals surface area contributed by atoms with Gasteiger partial charge in [-0.1, -0.05) is 54.2 Å². The van der Waals surface area contributed by atoms with Crippen LogP contribution in [0.5, 0.6) is 0 Å². The van der Waals surface area contributed by atoms with Crippen LogP contribution in [-0.4, -0.2) is 5.11 Å². The molecule has 1 aliphatic rings. The summed E-state index contributed by atoms with van der Waals surface area (Å²) in [5, 5.41) is 20.5. The van der Waals surface area contributed by atoms with Crippen molar-refractivity contribution in [2.75, 3.05) is 0 Å². The predicted molar refractivity (Wildman–Crippen MR) is 84.1 cm³/mol. The predicted octanol–water partition coefficient (Wildman–Crippen LogP) is 4.90. The number of nitriles is 1. The molecule has 2 nitrogen and oxygen atoms in total. The van der Waals surface area contributed by atoms with E-state index in [1.54, 1.807) is 0 Å². The second-order valence-electron chi connectivity index (χ2n) is 6.05. The first-order valence-electron chi connectivity index (χ1n) is 7.38. The highest BCUT2D eigenvalue weighted by atomic mass is 79.9. The zero-order chi connectivity index (χ0) is 14.8. The van der Waals surface area contributed by atoms with Crippen molar-refractivity contribution in [2.24, 2.45) is 11.3 Å². The van der Waals surface area contributed by atoms with Gasteiger partial charge in [0.05, 0.1) is 17.6 Å². The Bertz CT molecular complexity index is 522. The van der Waals surface area contributed by atoms with Crippen LogP contribution in [0, 0.1) is 29.6 Å². The number of benzene rings is 1. The van der Waals surface area contributed by atoms with Crippen molar-refractivity contribution >= 4 is 15.9 Å². The quantitative estimate of drug-likeness (QED) is 0.853. The van der Waals surface area contributed by atoms with Crippen molar-refractivity contribution in [2.45, 2.75) is 52.1 Å². The zero-order valence-electron chi connectivity index (χ0n) is 12.2. The van der Waals surface area contributed by atoms with Gasteiger partial charge in [-0.3, -0.25) is 0 Å². The van der Waals surface area contributed by atoms with Crippen molar-refractivity contribution in [3.05, 3.63) is 33.8 Å². The molecule has 1 fully saturated rings. The summed E-state index contributed by atoms with van der Waals surface area (Å²) >= 11 is 3.51. The second-order valence-corrected chi connectivity index (χ2v) is 6.90. The van der Waals surface area contributed by atoms with Crippen molar-refractivity contribution in [3.63, 3.8) is 0 Å². The molecule has 3 unspecified atom stereocenters. The van der Waals surface area contributed by atoms with Crippen molar-refractivity contribution in [3.8, 4) is 6.07 Å². The number of hydrogen-bond donors (Lipinski definition) is 1. The van der Waals surface area contributed by atoms with Crippen LogP contribution in [0.25, 0.3) is 0 Å². The zero-order valence-corrected chi connectivity index (χ0v) is 13.8. The van der Waals surface area contributed by atoms with Gasteiger partial charge < -0.3 is 5.11 Å². The Kier molecular flexibility index (Phi) is 4.88. The standard InChI is InChI=1S/C17H22BrNO/c1-3-13-5-4-8-17(10-13,11-19)16(20)14-7-6-12(2)15(18)9-14/h6-7,9,13,16,20H,3-5,8,10H2,1-2H3. The summed E-state index contributed by atoms with van der Waals surface area (Å²) in [6.45, 7) is 4.20. The first-order valence-corrected chi connectivity index (χ1v) is 8.17. The molecule has 0 bridgehead atoms. The van der Waals surface area contributed by atoms with Gasteiger partial charge in [-0.25, -0.2) is 0 Å². The molecule has 3 heteroatoms. The molecule has 3 atom stereocenters. The number of aliphatic hydroxyl groups is 1. The van der Waals surface area contributed by atoms with E-state index in [1.807, 2.05) is 25.1 Å². The van der Waals surface area contributed by atoms with Gasteiger partial charge in [0.25, 0.3) is 0 Å². The van der Waals surface area contributed by atoms with Crippen molar-refractivity contribution in [1.82, 2.24) is 0 Å². The summed E-state index contributed by atoms with van der Waals surface area (Å²) < 4.78 is 0.991. The Labute approximate surface area is 129 Å². The van der Waals surface area contributed by atoms with Gasteiger partial charge in [0.1, 0.15) is 0 Å². The van der Waals surface area contributed by atoms with E-state index in [4.69, 9.17) is 0 Å². The Morgan fingerprint density at radius 3 is 2.90 bits per heavy atom. The van der Waals surface area contributed by atoms with Gasteiger partial charge >= 0.3 is 0 Å². The smallest absolute Gasteiger partial charge is 0.0976 e. The normalized spacial score (nSPS) is 27.9. The molecule has 0 saturated heterocycles. The highest BCUT2D eigenvalue weighted by molar-refractivity contribution is 9.10. The molecule has 1 aromatic rings. The van der Waals surface area contributed by atoms with E-state index >= 15 is 0 Å². The highest BCUT2D eigenvalue weighted by Gasteiger charge is 2.43. The minimum absolute atomic E-state index is 0.562. The lowest BCUT2D eigenvalue weighted by molar-refractivity contribution is 0.0185. The largest absolute Gasteiger partial charge is 0.387 e. The molecule has 2 rings (SSSR count). The number of aryl methyl sites for hydroxylation is 1. The molecule has 0 amide bonds. The Balaban J connectivity index is 2.30. The minimum Gasteiger partial charge on any atom is -0.387 e. The molecule has 0 heterocycles.